The van der Waals surface area contributed by atoms with E-state index < -0.39 is 5.60 Å². The van der Waals surface area contributed by atoms with Crippen LogP contribution in [0.5, 0.6) is 0 Å². The molecule has 0 N–H and O–H groups in total. The minimum atomic E-state index is -0.552. The summed E-state index contributed by atoms with van der Waals surface area (Å²) in [6.45, 7) is 8.33. The largest absolute Gasteiger partial charge is 0.465 e. The molecule has 0 amide bonds. The van der Waals surface area contributed by atoms with Crippen molar-refractivity contribution in [3.8, 4) is 11.1 Å². The van der Waals surface area contributed by atoms with Crippen LogP contribution in [-0.4, -0.2) is 29.2 Å². The Hall–Kier alpha value is -3.86. The van der Waals surface area contributed by atoms with Gasteiger partial charge in [-0.1, -0.05) is 42.5 Å². The summed E-state index contributed by atoms with van der Waals surface area (Å²) >= 11 is 0. The van der Waals surface area contributed by atoms with Crippen molar-refractivity contribution in [1.29, 1.82) is 0 Å². The second-order valence-electron chi connectivity index (χ2n) is 9.41. The number of aromatic nitrogens is 1. The molecular formula is C29H29NO4. The van der Waals surface area contributed by atoms with Crippen LogP contribution in [0.1, 0.15) is 52.6 Å². The van der Waals surface area contributed by atoms with Gasteiger partial charge >= 0.3 is 11.9 Å². The molecule has 0 saturated heterocycles. The average molecular weight is 456 g/mol. The standard InChI is InChI=1S/C29H29NO4/c1-19-17-30(26-15-14-22(16-25(19)26)27(31)33-5)18-20-10-12-21(13-11-20)23-8-6-7-9-24(23)28(32)34-29(2,3)4/h6-17H,18H2,1-5H3. The molecule has 0 unspecified atom stereocenters. The van der Waals surface area contributed by atoms with Crippen LogP contribution in [0, 0.1) is 6.92 Å². The lowest BCUT2D eigenvalue weighted by atomic mass is 9.98. The summed E-state index contributed by atoms with van der Waals surface area (Å²) in [6.07, 6.45) is 2.09. The van der Waals surface area contributed by atoms with E-state index in [1.807, 2.05) is 70.2 Å². The number of carbonyl (C=O) groups excluding carboxylic acids is 2. The van der Waals surface area contributed by atoms with Crippen molar-refractivity contribution in [2.75, 3.05) is 7.11 Å². The van der Waals surface area contributed by atoms with E-state index in [0.717, 1.165) is 33.2 Å². The van der Waals surface area contributed by atoms with Gasteiger partial charge in [0.05, 0.1) is 18.2 Å². The van der Waals surface area contributed by atoms with Crippen molar-refractivity contribution in [2.45, 2.75) is 39.8 Å². The Morgan fingerprint density at radius 1 is 0.912 bits per heavy atom. The summed E-state index contributed by atoms with van der Waals surface area (Å²) in [5, 5.41) is 1.03. The van der Waals surface area contributed by atoms with Crippen LogP contribution in [0.25, 0.3) is 22.0 Å². The molecule has 34 heavy (non-hydrogen) atoms. The maximum absolute atomic E-state index is 12.7. The molecule has 0 aliphatic carbocycles. The number of carbonyl (C=O) groups is 2. The Balaban J connectivity index is 1.60. The highest BCUT2D eigenvalue weighted by molar-refractivity contribution is 5.97. The van der Waals surface area contributed by atoms with Crippen LogP contribution in [-0.2, 0) is 16.0 Å². The van der Waals surface area contributed by atoms with Gasteiger partial charge in [-0.25, -0.2) is 9.59 Å². The molecular weight excluding hydrogens is 426 g/mol. The Morgan fingerprint density at radius 3 is 2.29 bits per heavy atom. The molecule has 4 aromatic rings. The van der Waals surface area contributed by atoms with Crippen LogP contribution in [0.2, 0.25) is 0 Å². The maximum Gasteiger partial charge on any atom is 0.339 e. The average Bonchev–Trinajstić information content (AvgIpc) is 3.12. The molecule has 0 radical (unpaired) electrons. The third-order valence-corrected chi connectivity index (χ3v) is 5.67. The first-order valence-electron chi connectivity index (χ1n) is 11.3. The van der Waals surface area contributed by atoms with E-state index in [2.05, 4.69) is 22.9 Å². The quantitative estimate of drug-likeness (QED) is 0.327. The Kier molecular flexibility index (Phi) is 6.29. The maximum atomic E-state index is 12.7. The van der Waals surface area contributed by atoms with Gasteiger partial charge in [-0.3, -0.25) is 0 Å². The van der Waals surface area contributed by atoms with Crippen LogP contribution < -0.4 is 0 Å². The molecule has 1 heterocycles. The van der Waals surface area contributed by atoms with Gasteiger partial charge in [0, 0.05) is 23.6 Å². The number of benzene rings is 3. The zero-order valence-corrected chi connectivity index (χ0v) is 20.2. The summed E-state index contributed by atoms with van der Waals surface area (Å²) in [7, 11) is 1.39. The van der Waals surface area contributed by atoms with E-state index in [1.54, 1.807) is 12.1 Å². The number of aryl methyl sites for hydroxylation is 1. The van der Waals surface area contributed by atoms with Crippen molar-refractivity contribution >= 4 is 22.8 Å². The Labute approximate surface area is 199 Å². The molecule has 3 aromatic carbocycles. The molecule has 0 saturated carbocycles. The van der Waals surface area contributed by atoms with Gasteiger partial charge in [0.25, 0.3) is 0 Å². The van der Waals surface area contributed by atoms with Gasteiger partial charge < -0.3 is 14.0 Å². The topological polar surface area (TPSA) is 57.5 Å². The fourth-order valence-electron chi connectivity index (χ4n) is 4.08. The molecule has 1 aromatic heterocycles. The summed E-state index contributed by atoms with van der Waals surface area (Å²) in [4.78, 5) is 24.6. The van der Waals surface area contributed by atoms with Crippen molar-refractivity contribution in [3.63, 3.8) is 0 Å². The fraction of sp³-hybridized carbons (Fsp3) is 0.241. The van der Waals surface area contributed by atoms with Crippen LogP contribution in [0.4, 0.5) is 0 Å². The number of rotatable bonds is 5. The van der Waals surface area contributed by atoms with Crippen molar-refractivity contribution in [3.05, 3.63) is 95.2 Å². The minimum Gasteiger partial charge on any atom is -0.465 e. The first-order chi connectivity index (χ1) is 16.2. The summed E-state index contributed by atoms with van der Waals surface area (Å²) in [6, 6.07) is 21.4. The van der Waals surface area contributed by atoms with Gasteiger partial charge in [-0.05, 0) is 74.2 Å². The Morgan fingerprint density at radius 2 is 1.62 bits per heavy atom. The second-order valence-corrected chi connectivity index (χ2v) is 9.41. The van der Waals surface area contributed by atoms with E-state index in [4.69, 9.17) is 9.47 Å². The number of hydrogen-bond acceptors (Lipinski definition) is 4. The van der Waals surface area contributed by atoms with Crippen LogP contribution in [0.3, 0.4) is 0 Å². The van der Waals surface area contributed by atoms with Crippen LogP contribution in [0.15, 0.2) is 72.9 Å². The lowest BCUT2D eigenvalue weighted by molar-refractivity contribution is 0.00702. The van der Waals surface area contributed by atoms with Crippen LogP contribution >= 0.6 is 0 Å². The van der Waals surface area contributed by atoms with Gasteiger partial charge in [0.1, 0.15) is 5.60 Å². The highest BCUT2D eigenvalue weighted by atomic mass is 16.6. The van der Waals surface area contributed by atoms with E-state index in [-0.39, 0.29) is 11.9 Å². The summed E-state index contributed by atoms with van der Waals surface area (Å²) in [5.74, 6) is -0.663. The van der Waals surface area contributed by atoms with Gasteiger partial charge in [-0.15, -0.1) is 0 Å². The lowest BCUT2D eigenvalue weighted by Gasteiger charge is -2.20. The second kappa shape index (κ2) is 9.18. The number of esters is 2. The van der Waals surface area contributed by atoms with Gasteiger partial charge in [0.2, 0.25) is 0 Å². The summed E-state index contributed by atoms with van der Waals surface area (Å²) < 4.78 is 12.6. The first kappa shape index (κ1) is 23.3. The molecule has 0 aliphatic rings. The zero-order valence-electron chi connectivity index (χ0n) is 20.2. The highest BCUT2D eigenvalue weighted by Gasteiger charge is 2.20. The molecule has 0 fully saturated rings. The normalized spacial score (nSPS) is 11.4. The number of methoxy groups -OCH3 is 1. The molecule has 0 spiro atoms. The van der Waals surface area contributed by atoms with Gasteiger partial charge in [-0.2, -0.15) is 0 Å². The number of ether oxygens (including phenoxy) is 2. The van der Waals surface area contributed by atoms with E-state index in [1.165, 1.54) is 7.11 Å². The monoisotopic (exact) mass is 455 g/mol. The van der Waals surface area contributed by atoms with E-state index in [9.17, 15) is 9.59 Å². The number of hydrogen-bond donors (Lipinski definition) is 0. The first-order valence-corrected chi connectivity index (χ1v) is 11.3. The van der Waals surface area contributed by atoms with Crippen molar-refractivity contribution in [1.82, 2.24) is 4.57 Å². The molecule has 4 rings (SSSR count). The van der Waals surface area contributed by atoms with E-state index >= 15 is 0 Å². The lowest BCUT2D eigenvalue weighted by Crippen LogP contribution is -2.24. The predicted molar refractivity (Wildman–Crippen MR) is 134 cm³/mol. The van der Waals surface area contributed by atoms with Crippen molar-refractivity contribution in [2.24, 2.45) is 0 Å². The highest BCUT2D eigenvalue weighted by Crippen LogP contribution is 2.27. The number of fused-ring (bicyclic) bond motifs is 1. The Bertz CT molecular complexity index is 1360. The minimum absolute atomic E-state index is 0.326. The summed E-state index contributed by atoms with van der Waals surface area (Å²) in [5.41, 5.74) is 5.65. The molecule has 0 bridgehead atoms. The third-order valence-electron chi connectivity index (χ3n) is 5.67. The molecule has 5 nitrogen and oxygen atoms in total. The molecule has 0 atom stereocenters. The predicted octanol–water partition coefficient (Wildman–Crippen LogP) is 6.41. The third kappa shape index (κ3) is 4.88. The van der Waals surface area contributed by atoms with Gasteiger partial charge in [0.15, 0.2) is 0 Å². The molecule has 174 valence electrons. The number of nitrogens with zero attached hydrogens (tertiary/aromatic N) is 1. The smallest absolute Gasteiger partial charge is 0.339 e. The fourth-order valence-corrected chi connectivity index (χ4v) is 4.08. The zero-order chi connectivity index (χ0) is 24.5. The SMILES string of the molecule is COC(=O)c1ccc2c(c1)c(C)cn2Cc1ccc(-c2ccccc2C(=O)OC(C)(C)C)cc1. The molecule has 5 heteroatoms. The van der Waals surface area contributed by atoms with E-state index in [0.29, 0.717) is 17.7 Å². The van der Waals surface area contributed by atoms with Crippen molar-refractivity contribution < 1.29 is 19.1 Å². The molecule has 0 aliphatic heterocycles.